The molecule has 2 heterocycles. The van der Waals surface area contributed by atoms with Crippen LogP contribution in [-0.2, 0) is 6.18 Å². The monoisotopic (exact) mass is 252 g/mol. The second-order valence-electron chi connectivity index (χ2n) is 3.96. The Morgan fingerprint density at radius 2 is 2.00 bits per heavy atom. The van der Waals surface area contributed by atoms with E-state index in [9.17, 15) is 22.0 Å². The van der Waals surface area contributed by atoms with Crippen LogP contribution in [0.5, 0.6) is 0 Å². The van der Waals surface area contributed by atoms with Gasteiger partial charge in [-0.2, -0.15) is 13.2 Å². The fraction of sp³-hybridized carbons (Fsp3) is 0.500. The van der Waals surface area contributed by atoms with E-state index in [0.717, 1.165) is 12.1 Å². The smallest absolute Gasteiger partial charge is 0.303 e. The number of hydrogen-bond acceptors (Lipinski definition) is 2. The molecule has 0 aliphatic carbocycles. The number of rotatable bonds is 1. The molecule has 1 saturated heterocycles. The molecule has 0 spiro atoms. The van der Waals surface area contributed by atoms with Gasteiger partial charge < -0.3 is 5.32 Å². The molecule has 0 radical (unpaired) electrons. The molecule has 1 N–H and O–H groups in total. The van der Waals surface area contributed by atoms with Crippen molar-refractivity contribution >= 4 is 0 Å². The lowest BCUT2D eigenvalue weighted by atomic mass is 10.1. The quantitative estimate of drug-likeness (QED) is 0.777. The molecule has 0 aromatic carbocycles. The van der Waals surface area contributed by atoms with Crippen LogP contribution in [0.3, 0.4) is 0 Å². The van der Waals surface area contributed by atoms with Gasteiger partial charge in [-0.25, -0.2) is 8.78 Å². The van der Waals surface area contributed by atoms with E-state index >= 15 is 0 Å². The normalized spacial score (nSPS) is 23.9. The van der Waals surface area contributed by atoms with Crippen LogP contribution < -0.4 is 5.32 Å². The summed E-state index contributed by atoms with van der Waals surface area (Å²) < 4.78 is 62.5. The molecule has 1 fully saturated rings. The van der Waals surface area contributed by atoms with Gasteiger partial charge in [0.05, 0.1) is 23.8 Å². The summed E-state index contributed by atoms with van der Waals surface area (Å²) in [5.41, 5.74) is -0.679. The highest BCUT2D eigenvalue weighted by molar-refractivity contribution is 5.20. The summed E-state index contributed by atoms with van der Waals surface area (Å²) in [6, 6.07) is 1.29. The molecule has 94 valence electrons. The van der Waals surface area contributed by atoms with Crippen LogP contribution in [0.1, 0.15) is 23.7 Å². The Hall–Kier alpha value is -1.24. The van der Waals surface area contributed by atoms with Crippen molar-refractivity contribution in [2.45, 2.75) is 24.6 Å². The number of alkyl halides is 5. The number of aromatic nitrogens is 1. The third kappa shape index (κ3) is 2.71. The highest BCUT2D eigenvalue weighted by Gasteiger charge is 2.40. The van der Waals surface area contributed by atoms with Crippen LogP contribution in [0.4, 0.5) is 22.0 Å². The first-order chi connectivity index (χ1) is 7.78. The van der Waals surface area contributed by atoms with Crippen LogP contribution in [0.25, 0.3) is 0 Å². The van der Waals surface area contributed by atoms with Crippen molar-refractivity contribution in [1.82, 2.24) is 10.3 Å². The SMILES string of the molecule is FC1(F)CN[C@@H](c2ccc(C(F)(F)F)cn2)C1. The fourth-order valence-electron chi connectivity index (χ4n) is 1.70. The first-order valence-corrected chi connectivity index (χ1v) is 4.92. The van der Waals surface area contributed by atoms with Gasteiger partial charge >= 0.3 is 6.18 Å². The predicted octanol–water partition coefficient (Wildman–Crippen LogP) is 2.77. The fourth-order valence-corrected chi connectivity index (χ4v) is 1.70. The topological polar surface area (TPSA) is 24.9 Å². The summed E-state index contributed by atoms with van der Waals surface area (Å²) >= 11 is 0. The average molecular weight is 252 g/mol. The van der Waals surface area contributed by atoms with Gasteiger partial charge in [0.2, 0.25) is 0 Å². The Bertz CT molecular complexity index is 398. The maximum absolute atomic E-state index is 12.9. The van der Waals surface area contributed by atoms with Gasteiger partial charge in [-0.1, -0.05) is 0 Å². The van der Waals surface area contributed by atoms with Crippen molar-refractivity contribution in [3.05, 3.63) is 29.6 Å². The molecule has 7 heteroatoms. The third-order valence-corrected chi connectivity index (χ3v) is 2.58. The summed E-state index contributed by atoms with van der Waals surface area (Å²) in [5, 5.41) is 2.53. The highest BCUT2D eigenvalue weighted by Crippen LogP contribution is 2.34. The lowest BCUT2D eigenvalue weighted by Gasteiger charge is -2.11. The van der Waals surface area contributed by atoms with Crippen molar-refractivity contribution < 1.29 is 22.0 Å². The third-order valence-electron chi connectivity index (χ3n) is 2.58. The van der Waals surface area contributed by atoms with Gasteiger partial charge in [-0.3, -0.25) is 4.98 Å². The molecule has 0 bridgehead atoms. The summed E-state index contributed by atoms with van der Waals surface area (Å²) in [6.07, 6.45) is -4.24. The summed E-state index contributed by atoms with van der Waals surface area (Å²) in [4.78, 5) is 3.58. The van der Waals surface area contributed by atoms with Gasteiger partial charge in [0.25, 0.3) is 5.92 Å². The van der Waals surface area contributed by atoms with E-state index in [1.807, 2.05) is 0 Å². The highest BCUT2D eigenvalue weighted by atomic mass is 19.4. The summed E-state index contributed by atoms with van der Waals surface area (Å²) in [5.74, 6) is -2.82. The van der Waals surface area contributed by atoms with Crippen LogP contribution >= 0.6 is 0 Å². The summed E-state index contributed by atoms with van der Waals surface area (Å²) in [6.45, 7) is -0.472. The zero-order valence-corrected chi connectivity index (χ0v) is 8.56. The molecular weight excluding hydrogens is 243 g/mol. The molecule has 1 aliphatic heterocycles. The molecule has 2 rings (SSSR count). The molecule has 1 aromatic rings. The Morgan fingerprint density at radius 3 is 2.41 bits per heavy atom. The van der Waals surface area contributed by atoms with Gasteiger partial charge in [-0.15, -0.1) is 0 Å². The second-order valence-corrected chi connectivity index (χ2v) is 3.96. The zero-order valence-electron chi connectivity index (χ0n) is 8.56. The van der Waals surface area contributed by atoms with E-state index < -0.39 is 36.7 Å². The number of nitrogens with zero attached hydrogens (tertiary/aromatic N) is 1. The van der Waals surface area contributed by atoms with Crippen LogP contribution in [0.15, 0.2) is 18.3 Å². The molecule has 0 unspecified atom stereocenters. The Balaban J connectivity index is 2.14. The molecule has 1 aromatic heterocycles. The van der Waals surface area contributed by atoms with Gasteiger partial charge in [0.1, 0.15) is 0 Å². The lowest BCUT2D eigenvalue weighted by Crippen LogP contribution is -2.19. The standard InChI is InChI=1S/C10H9F5N2/c11-9(12)3-8(17-5-9)7-2-1-6(4-16-7)10(13,14)15/h1-2,4,8,17H,3,5H2/t8-/m1/s1. The minimum absolute atomic E-state index is 0.204. The first kappa shape index (κ1) is 12.2. The Labute approximate surface area is 93.8 Å². The average Bonchev–Trinajstić information content (AvgIpc) is 2.58. The van der Waals surface area contributed by atoms with Crippen LogP contribution in [-0.4, -0.2) is 17.5 Å². The second kappa shape index (κ2) is 3.90. The number of halogens is 5. The van der Waals surface area contributed by atoms with Crippen molar-refractivity contribution in [3.63, 3.8) is 0 Å². The van der Waals surface area contributed by atoms with Gasteiger partial charge in [0, 0.05) is 12.6 Å². The maximum atomic E-state index is 12.9. The number of hydrogen-bond donors (Lipinski definition) is 1. The Kier molecular flexibility index (Phi) is 2.81. The van der Waals surface area contributed by atoms with E-state index in [2.05, 4.69) is 10.3 Å². The molecule has 0 amide bonds. The Morgan fingerprint density at radius 1 is 1.29 bits per heavy atom. The van der Waals surface area contributed by atoms with Crippen molar-refractivity contribution in [2.24, 2.45) is 0 Å². The molecule has 17 heavy (non-hydrogen) atoms. The van der Waals surface area contributed by atoms with Crippen LogP contribution in [0, 0.1) is 0 Å². The molecule has 1 aliphatic rings. The number of pyridine rings is 1. The maximum Gasteiger partial charge on any atom is 0.417 e. The zero-order chi connectivity index (χ0) is 12.7. The first-order valence-electron chi connectivity index (χ1n) is 4.92. The minimum atomic E-state index is -4.46. The van der Waals surface area contributed by atoms with Crippen molar-refractivity contribution in [3.8, 4) is 0 Å². The molecule has 1 atom stereocenters. The van der Waals surface area contributed by atoms with Gasteiger partial charge in [-0.05, 0) is 12.1 Å². The van der Waals surface area contributed by atoms with E-state index in [-0.39, 0.29) is 5.69 Å². The van der Waals surface area contributed by atoms with Crippen LogP contribution in [0.2, 0.25) is 0 Å². The van der Waals surface area contributed by atoms with E-state index in [4.69, 9.17) is 0 Å². The molecular formula is C10H9F5N2. The van der Waals surface area contributed by atoms with E-state index in [1.54, 1.807) is 0 Å². The largest absolute Gasteiger partial charge is 0.417 e. The minimum Gasteiger partial charge on any atom is -0.303 e. The number of nitrogens with one attached hydrogen (secondary N) is 1. The van der Waals surface area contributed by atoms with Gasteiger partial charge in [0.15, 0.2) is 0 Å². The molecule has 2 nitrogen and oxygen atoms in total. The predicted molar refractivity (Wildman–Crippen MR) is 49.5 cm³/mol. The van der Waals surface area contributed by atoms with E-state index in [0.29, 0.717) is 6.20 Å². The van der Waals surface area contributed by atoms with E-state index in [1.165, 1.54) is 0 Å². The van der Waals surface area contributed by atoms with Crippen molar-refractivity contribution in [2.75, 3.05) is 6.54 Å². The molecule has 0 saturated carbocycles. The lowest BCUT2D eigenvalue weighted by molar-refractivity contribution is -0.137. The van der Waals surface area contributed by atoms with Crippen molar-refractivity contribution in [1.29, 1.82) is 0 Å². The summed E-state index contributed by atoms with van der Waals surface area (Å²) in [7, 11) is 0.